The van der Waals surface area contributed by atoms with E-state index in [1.165, 1.54) is 6.21 Å². The van der Waals surface area contributed by atoms with E-state index in [1.54, 1.807) is 62.4 Å². The number of hydrazone groups is 1. The molecule has 1 N–H and O–H groups in total. The Bertz CT molecular complexity index is 1420. The summed E-state index contributed by atoms with van der Waals surface area (Å²) in [6, 6.07) is 13.2. The van der Waals surface area contributed by atoms with Gasteiger partial charge in [-0.25, -0.2) is 13.8 Å². The molecule has 0 aliphatic rings. The number of halogens is 4. The maximum atomic E-state index is 13.8. The van der Waals surface area contributed by atoms with Gasteiger partial charge in [-0.2, -0.15) is 9.41 Å². The molecule has 0 aromatic heterocycles. The number of hydrogen-bond donors (Lipinski definition) is 1. The Morgan fingerprint density at radius 2 is 1.58 bits per heavy atom. The first-order valence-corrected chi connectivity index (χ1v) is 13.6. The van der Waals surface area contributed by atoms with Gasteiger partial charge in [-0.1, -0.05) is 76.2 Å². The number of carbonyl (C=O) groups is 1. The third-order valence-electron chi connectivity index (χ3n) is 5.22. The van der Waals surface area contributed by atoms with Crippen LogP contribution in [0.15, 0.2) is 58.5 Å². The monoisotopic (exact) mass is 585 g/mol. The Morgan fingerprint density at radius 1 is 0.917 bits per heavy atom. The van der Waals surface area contributed by atoms with Crippen molar-refractivity contribution in [2.45, 2.75) is 32.2 Å². The van der Waals surface area contributed by atoms with Gasteiger partial charge < -0.3 is 0 Å². The summed E-state index contributed by atoms with van der Waals surface area (Å²) >= 11 is 24.2. The summed E-state index contributed by atoms with van der Waals surface area (Å²) in [7, 11) is -4.08. The van der Waals surface area contributed by atoms with Gasteiger partial charge in [0.1, 0.15) is 0 Å². The standard InChI is InChI=1S/C25H23Cl4N3O3S/c1-15-8-16(2)25(17(3)9-15)36(34,35)32(13-18-4-7-21(27)23(29)10-18)14-24(33)31-30-12-19-5-6-20(26)11-22(19)28/h4-12H,13-14H2,1-3H3,(H,31,33)/b30-12+. The molecule has 0 aliphatic carbocycles. The molecule has 3 aromatic carbocycles. The minimum Gasteiger partial charge on any atom is -0.272 e. The van der Waals surface area contributed by atoms with Crippen LogP contribution in [0.5, 0.6) is 0 Å². The average molecular weight is 587 g/mol. The minimum absolute atomic E-state index is 0.105. The van der Waals surface area contributed by atoms with Crippen LogP contribution in [0.1, 0.15) is 27.8 Å². The van der Waals surface area contributed by atoms with Gasteiger partial charge in [0.2, 0.25) is 10.0 Å². The Labute approximate surface area is 230 Å². The number of rotatable bonds is 8. The molecular formula is C25H23Cl4N3O3S. The molecule has 0 heterocycles. The van der Waals surface area contributed by atoms with E-state index < -0.39 is 22.5 Å². The fourth-order valence-corrected chi connectivity index (χ4v) is 6.32. The molecule has 3 aromatic rings. The van der Waals surface area contributed by atoms with Gasteiger partial charge in [0.25, 0.3) is 5.91 Å². The summed E-state index contributed by atoms with van der Waals surface area (Å²) in [5.74, 6) is -0.637. The Balaban J connectivity index is 1.90. The van der Waals surface area contributed by atoms with Crippen LogP contribution in [0.3, 0.4) is 0 Å². The normalized spacial score (nSPS) is 11.9. The highest BCUT2D eigenvalue weighted by Crippen LogP contribution is 2.28. The number of carbonyl (C=O) groups excluding carboxylic acids is 1. The summed E-state index contributed by atoms with van der Waals surface area (Å²) in [6.07, 6.45) is 1.35. The van der Waals surface area contributed by atoms with Crippen molar-refractivity contribution < 1.29 is 13.2 Å². The van der Waals surface area contributed by atoms with Crippen molar-refractivity contribution in [2.24, 2.45) is 5.10 Å². The van der Waals surface area contributed by atoms with Crippen LogP contribution in [0, 0.1) is 20.8 Å². The number of hydrogen-bond acceptors (Lipinski definition) is 4. The predicted octanol–water partition coefficient (Wildman–Crippen LogP) is 6.57. The number of benzene rings is 3. The van der Waals surface area contributed by atoms with Gasteiger partial charge in [0.15, 0.2) is 0 Å². The van der Waals surface area contributed by atoms with E-state index in [0.29, 0.717) is 37.3 Å². The SMILES string of the molecule is Cc1cc(C)c(S(=O)(=O)N(CC(=O)N/N=C/c2ccc(Cl)cc2Cl)Cc2ccc(Cl)c(Cl)c2)c(C)c1. The van der Waals surface area contributed by atoms with Crippen LogP contribution in [0.25, 0.3) is 0 Å². The third-order valence-corrected chi connectivity index (χ3v) is 8.62. The molecule has 11 heteroatoms. The molecule has 36 heavy (non-hydrogen) atoms. The smallest absolute Gasteiger partial charge is 0.255 e. The molecule has 0 spiro atoms. The lowest BCUT2D eigenvalue weighted by atomic mass is 10.1. The molecule has 0 bridgehead atoms. The number of nitrogens with one attached hydrogen (secondary N) is 1. The van der Waals surface area contributed by atoms with Gasteiger partial charge in [0.05, 0.1) is 32.7 Å². The summed E-state index contributed by atoms with van der Waals surface area (Å²) in [5.41, 5.74) is 5.57. The van der Waals surface area contributed by atoms with E-state index in [2.05, 4.69) is 10.5 Å². The van der Waals surface area contributed by atoms with Gasteiger partial charge in [-0.05, 0) is 61.7 Å². The van der Waals surface area contributed by atoms with Crippen molar-refractivity contribution in [3.63, 3.8) is 0 Å². The van der Waals surface area contributed by atoms with Gasteiger partial charge in [-0.3, -0.25) is 4.79 Å². The molecule has 0 radical (unpaired) electrons. The second-order valence-corrected chi connectivity index (χ2v) is 11.7. The number of aryl methyl sites for hydroxylation is 3. The molecule has 0 saturated carbocycles. The lowest BCUT2D eigenvalue weighted by Crippen LogP contribution is -2.39. The van der Waals surface area contributed by atoms with Crippen LogP contribution in [-0.4, -0.2) is 31.4 Å². The van der Waals surface area contributed by atoms with Crippen molar-refractivity contribution in [2.75, 3.05) is 6.54 Å². The van der Waals surface area contributed by atoms with Crippen LogP contribution < -0.4 is 5.43 Å². The lowest BCUT2D eigenvalue weighted by molar-refractivity contribution is -0.121. The molecule has 0 atom stereocenters. The number of sulfonamides is 1. The van der Waals surface area contributed by atoms with E-state index in [0.717, 1.165) is 9.87 Å². The van der Waals surface area contributed by atoms with Crippen molar-refractivity contribution in [3.8, 4) is 0 Å². The first kappa shape index (κ1) is 28.4. The average Bonchev–Trinajstić information content (AvgIpc) is 2.76. The summed E-state index contributed by atoms with van der Waals surface area (Å²) in [4.78, 5) is 12.9. The Morgan fingerprint density at radius 3 is 2.19 bits per heavy atom. The Kier molecular flexibility index (Phi) is 9.44. The first-order chi connectivity index (χ1) is 16.9. The second-order valence-electron chi connectivity index (χ2n) is 8.21. The van der Waals surface area contributed by atoms with Crippen molar-refractivity contribution >= 4 is 68.5 Å². The molecule has 0 aliphatic heterocycles. The first-order valence-electron chi connectivity index (χ1n) is 10.7. The maximum Gasteiger partial charge on any atom is 0.255 e. The van der Waals surface area contributed by atoms with Crippen LogP contribution in [0.4, 0.5) is 0 Å². The molecule has 0 unspecified atom stereocenters. The molecule has 190 valence electrons. The largest absolute Gasteiger partial charge is 0.272 e. The van der Waals surface area contributed by atoms with E-state index >= 15 is 0 Å². The van der Waals surface area contributed by atoms with Crippen molar-refractivity contribution in [1.82, 2.24) is 9.73 Å². The third kappa shape index (κ3) is 7.00. The summed E-state index contributed by atoms with van der Waals surface area (Å²) in [5, 5.41) is 5.35. The number of nitrogens with zero attached hydrogens (tertiary/aromatic N) is 2. The second kappa shape index (κ2) is 11.9. The highest BCUT2D eigenvalue weighted by molar-refractivity contribution is 7.89. The zero-order valence-corrected chi connectivity index (χ0v) is 23.5. The fraction of sp³-hybridized carbons (Fsp3) is 0.200. The molecule has 6 nitrogen and oxygen atoms in total. The molecule has 0 fully saturated rings. The molecule has 1 amide bonds. The van der Waals surface area contributed by atoms with Gasteiger partial charge in [0, 0.05) is 17.1 Å². The van der Waals surface area contributed by atoms with E-state index in [4.69, 9.17) is 46.4 Å². The van der Waals surface area contributed by atoms with E-state index in [1.807, 2.05) is 6.92 Å². The van der Waals surface area contributed by atoms with Gasteiger partial charge >= 0.3 is 0 Å². The topological polar surface area (TPSA) is 78.8 Å². The molecule has 0 saturated heterocycles. The van der Waals surface area contributed by atoms with Gasteiger partial charge in [-0.15, -0.1) is 0 Å². The molecular weight excluding hydrogens is 564 g/mol. The van der Waals surface area contributed by atoms with E-state index in [-0.39, 0.29) is 16.5 Å². The van der Waals surface area contributed by atoms with Crippen LogP contribution in [-0.2, 0) is 21.4 Å². The summed E-state index contributed by atoms with van der Waals surface area (Å²) in [6.45, 7) is 4.75. The lowest BCUT2D eigenvalue weighted by Gasteiger charge is -2.24. The van der Waals surface area contributed by atoms with Crippen molar-refractivity contribution in [3.05, 3.63) is 96.4 Å². The molecule has 3 rings (SSSR count). The van der Waals surface area contributed by atoms with Crippen LogP contribution >= 0.6 is 46.4 Å². The highest BCUT2D eigenvalue weighted by atomic mass is 35.5. The zero-order valence-electron chi connectivity index (χ0n) is 19.6. The Hall–Kier alpha value is -2.13. The summed E-state index contributed by atoms with van der Waals surface area (Å²) < 4.78 is 28.6. The van der Waals surface area contributed by atoms with Crippen molar-refractivity contribution in [1.29, 1.82) is 0 Å². The zero-order chi connectivity index (χ0) is 26.6. The predicted molar refractivity (Wildman–Crippen MR) is 147 cm³/mol. The quantitative estimate of drug-likeness (QED) is 0.239. The van der Waals surface area contributed by atoms with Crippen LogP contribution in [0.2, 0.25) is 20.1 Å². The van der Waals surface area contributed by atoms with E-state index in [9.17, 15) is 13.2 Å². The fourth-order valence-electron chi connectivity index (χ4n) is 3.75. The maximum absolute atomic E-state index is 13.8. The highest BCUT2D eigenvalue weighted by Gasteiger charge is 2.30. The number of amides is 1. The minimum atomic E-state index is -4.08.